The fraction of sp³-hybridized carbons (Fsp3) is 0.294. The summed E-state index contributed by atoms with van der Waals surface area (Å²) in [5, 5.41) is 0.481. The molecule has 2 N–H and O–H groups in total. The Bertz CT molecular complexity index is 877. The van der Waals surface area contributed by atoms with Crippen LogP contribution < -0.4 is 5.73 Å². The van der Waals surface area contributed by atoms with Gasteiger partial charge in [-0.3, -0.25) is 4.98 Å². The summed E-state index contributed by atoms with van der Waals surface area (Å²) < 4.78 is 35.2. The van der Waals surface area contributed by atoms with Crippen molar-refractivity contribution in [3.63, 3.8) is 0 Å². The van der Waals surface area contributed by atoms with E-state index in [1.165, 1.54) is 18.0 Å². The van der Waals surface area contributed by atoms with E-state index in [9.17, 15) is 8.78 Å². The number of halogens is 3. The first-order valence-corrected chi connectivity index (χ1v) is 9.03. The highest BCUT2D eigenvalue weighted by molar-refractivity contribution is 7.99. The standard InChI is InChI=1S/C17H14ClF2N3OS/c18-12-5-11(7-22-8-12)10-1-2-14-13(6-10)16(3-4-25-14)17(19,20)9-23-15(21)24-16/h1-2,5-8H,3-4,9H2,(H2,21,23)/t16-/m1/s1. The number of nitrogens with two attached hydrogens (primary N) is 1. The summed E-state index contributed by atoms with van der Waals surface area (Å²) in [5.41, 5.74) is 5.79. The number of nitrogens with zero attached hydrogens (tertiary/aromatic N) is 2. The van der Waals surface area contributed by atoms with Crippen molar-refractivity contribution in [1.82, 2.24) is 4.98 Å². The topological polar surface area (TPSA) is 60.5 Å². The monoisotopic (exact) mass is 381 g/mol. The van der Waals surface area contributed by atoms with Gasteiger partial charge in [-0.05, 0) is 23.8 Å². The van der Waals surface area contributed by atoms with E-state index in [2.05, 4.69) is 9.98 Å². The Morgan fingerprint density at radius 2 is 2.04 bits per heavy atom. The molecule has 130 valence electrons. The molecule has 2 aromatic rings. The summed E-state index contributed by atoms with van der Waals surface area (Å²) in [6, 6.07) is 6.98. The van der Waals surface area contributed by atoms with Gasteiger partial charge in [-0.1, -0.05) is 17.7 Å². The van der Waals surface area contributed by atoms with E-state index in [1.807, 2.05) is 12.1 Å². The molecule has 1 aromatic heterocycles. The molecule has 0 saturated heterocycles. The van der Waals surface area contributed by atoms with Gasteiger partial charge in [-0.25, -0.2) is 4.99 Å². The van der Waals surface area contributed by atoms with Crippen LogP contribution in [0.5, 0.6) is 0 Å². The fourth-order valence-corrected chi connectivity index (χ4v) is 4.56. The lowest BCUT2D eigenvalue weighted by molar-refractivity contribution is -0.185. The second kappa shape index (κ2) is 5.85. The van der Waals surface area contributed by atoms with Gasteiger partial charge in [0.05, 0.1) is 5.02 Å². The third kappa shape index (κ3) is 2.66. The van der Waals surface area contributed by atoms with E-state index < -0.39 is 18.1 Å². The van der Waals surface area contributed by atoms with E-state index in [-0.39, 0.29) is 12.4 Å². The predicted molar refractivity (Wildman–Crippen MR) is 94.2 cm³/mol. The van der Waals surface area contributed by atoms with Crippen molar-refractivity contribution >= 4 is 29.4 Å². The van der Waals surface area contributed by atoms with Crippen molar-refractivity contribution < 1.29 is 13.5 Å². The van der Waals surface area contributed by atoms with Crippen molar-refractivity contribution in [2.75, 3.05) is 12.3 Å². The van der Waals surface area contributed by atoms with Gasteiger partial charge in [0, 0.05) is 40.6 Å². The first-order chi connectivity index (χ1) is 11.9. The zero-order valence-corrected chi connectivity index (χ0v) is 14.6. The zero-order valence-electron chi connectivity index (χ0n) is 13.0. The first kappa shape index (κ1) is 16.6. The van der Waals surface area contributed by atoms with Gasteiger partial charge >= 0.3 is 5.92 Å². The van der Waals surface area contributed by atoms with Crippen LogP contribution in [0.2, 0.25) is 5.02 Å². The Labute approximate surface area is 152 Å². The second-order valence-corrected chi connectivity index (χ2v) is 7.56. The highest BCUT2D eigenvalue weighted by Crippen LogP contribution is 2.53. The van der Waals surface area contributed by atoms with Gasteiger partial charge in [0.2, 0.25) is 5.60 Å². The molecule has 4 rings (SSSR count). The Balaban J connectivity index is 1.89. The third-order valence-corrected chi connectivity index (χ3v) is 5.75. The van der Waals surface area contributed by atoms with Gasteiger partial charge in [-0.15, -0.1) is 11.8 Å². The Morgan fingerprint density at radius 1 is 1.20 bits per heavy atom. The minimum Gasteiger partial charge on any atom is -0.447 e. The lowest BCUT2D eigenvalue weighted by Gasteiger charge is -2.45. The molecule has 0 amide bonds. The van der Waals surface area contributed by atoms with Crippen LogP contribution in [0.15, 0.2) is 46.5 Å². The maximum absolute atomic E-state index is 14.9. The second-order valence-electron chi connectivity index (χ2n) is 5.99. The van der Waals surface area contributed by atoms with Crippen molar-refractivity contribution in [3.05, 3.63) is 47.2 Å². The molecule has 0 aliphatic carbocycles. The summed E-state index contributed by atoms with van der Waals surface area (Å²) in [7, 11) is 0. The smallest absolute Gasteiger partial charge is 0.310 e. The van der Waals surface area contributed by atoms with Crippen LogP contribution in [-0.4, -0.2) is 29.2 Å². The molecule has 3 heterocycles. The van der Waals surface area contributed by atoms with E-state index in [1.54, 1.807) is 18.3 Å². The van der Waals surface area contributed by atoms with Gasteiger partial charge in [-0.2, -0.15) is 8.78 Å². The average Bonchev–Trinajstić information content (AvgIpc) is 2.59. The van der Waals surface area contributed by atoms with Crippen LogP contribution in [0, 0.1) is 0 Å². The highest BCUT2D eigenvalue weighted by atomic mass is 35.5. The lowest BCUT2D eigenvalue weighted by atomic mass is 9.82. The van der Waals surface area contributed by atoms with Gasteiger partial charge < -0.3 is 10.5 Å². The van der Waals surface area contributed by atoms with Crippen LogP contribution >= 0.6 is 23.4 Å². The van der Waals surface area contributed by atoms with E-state index in [4.69, 9.17) is 22.1 Å². The minimum absolute atomic E-state index is 0.158. The molecule has 1 spiro atoms. The maximum Gasteiger partial charge on any atom is 0.310 e. The van der Waals surface area contributed by atoms with Crippen LogP contribution in [0.4, 0.5) is 8.78 Å². The number of benzene rings is 1. The van der Waals surface area contributed by atoms with Gasteiger partial charge in [0.1, 0.15) is 6.54 Å². The maximum atomic E-state index is 14.9. The number of pyridine rings is 1. The van der Waals surface area contributed by atoms with Crippen molar-refractivity contribution in [3.8, 4) is 11.1 Å². The number of alkyl halides is 2. The lowest BCUT2D eigenvalue weighted by Crippen LogP contribution is -2.56. The molecule has 0 saturated carbocycles. The molecule has 8 heteroatoms. The van der Waals surface area contributed by atoms with Gasteiger partial charge in [0.25, 0.3) is 6.02 Å². The van der Waals surface area contributed by atoms with Crippen molar-refractivity contribution in [2.24, 2.45) is 10.7 Å². The van der Waals surface area contributed by atoms with Crippen LogP contribution in [0.3, 0.4) is 0 Å². The highest BCUT2D eigenvalue weighted by Gasteiger charge is 2.61. The van der Waals surface area contributed by atoms with E-state index >= 15 is 0 Å². The first-order valence-electron chi connectivity index (χ1n) is 7.66. The predicted octanol–water partition coefficient (Wildman–Crippen LogP) is 4.07. The number of rotatable bonds is 1. The minimum atomic E-state index is -3.14. The number of thioether (sulfide) groups is 1. The van der Waals surface area contributed by atoms with Crippen molar-refractivity contribution in [2.45, 2.75) is 22.8 Å². The number of aliphatic imine (C=N–C) groups is 1. The average molecular weight is 382 g/mol. The summed E-state index contributed by atoms with van der Waals surface area (Å²) in [5.74, 6) is -2.62. The van der Waals surface area contributed by atoms with E-state index in [0.29, 0.717) is 16.3 Å². The molecular formula is C17H14ClF2N3OS. The zero-order chi connectivity index (χ0) is 17.7. The number of hydrogen-bond donors (Lipinski definition) is 1. The number of amidine groups is 1. The summed E-state index contributed by atoms with van der Waals surface area (Å²) in [6.07, 6.45) is 3.33. The Morgan fingerprint density at radius 3 is 2.84 bits per heavy atom. The fourth-order valence-electron chi connectivity index (χ4n) is 3.24. The van der Waals surface area contributed by atoms with Crippen LogP contribution in [-0.2, 0) is 10.3 Å². The summed E-state index contributed by atoms with van der Waals surface area (Å²) in [4.78, 5) is 8.41. The number of ether oxygens (including phenoxy) is 1. The molecule has 25 heavy (non-hydrogen) atoms. The molecule has 1 aromatic carbocycles. The Hall–Kier alpha value is -1.86. The molecule has 2 aliphatic rings. The molecule has 2 aliphatic heterocycles. The number of aromatic nitrogens is 1. The summed E-state index contributed by atoms with van der Waals surface area (Å²) in [6.45, 7) is -0.675. The third-order valence-electron chi connectivity index (χ3n) is 4.47. The SMILES string of the molecule is NC1=NCC(F)(F)[C@]2(CCSc3ccc(-c4cncc(Cl)c4)cc32)O1. The normalized spacial score (nSPS) is 24.4. The number of hydrogen-bond acceptors (Lipinski definition) is 5. The number of fused-ring (bicyclic) bond motifs is 2. The molecule has 0 radical (unpaired) electrons. The van der Waals surface area contributed by atoms with Crippen molar-refractivity contribution in [1.29, 1.82) is 0 Å². The van der Waals surface area contributed by atoms with Crippen LogP contribution in [0.1, 0.15) is 12.0 Å². The summed E-state index contributed by atoms with van der Waals surface area (Å²) >= 11 is 7.53. The molecule has 0 bridgehead atoms. The molecular weight excluding hydrogens is 368 g/mol. The molecule has 4 nitrogen and oxygen atoms in total. The van der Waals surface area contributed by atoms with Crippen LogP contribution in [0.25, 0.3) is 11.1 Å². The largest absolute Gasteiger partial charge is 0.447 e. The van der Waals surface area contributed by atoms with Gasteiger partial charge in [0.15, 0.2) is 0 Å². The quantitative estimate of drug-likeness (QED) is 0.808. The molecule has 1 atom stereocenters. The Kier molecular flexibility index (Phi) is 3.88. The molecule has 0 fully saturated rings. The molecule has 0 unspecified atom stereocenters. The van der Waals surface area contributed by atoms with E-state index in [0.717, 1.165) is 16.0 Å².